The van der Waals surface area contributed by atoms with E-state index in [1.54, 1.807) is 18.2 Å². The maximum absolute atomic E-state index is 12.0. The molecule has 25 heavy (non-hydrogen) atoms. The average Bonchev–Trinajstić information content (AvgIpc) is 2.60. The highest BCUT2D eigenvalue weighted by Gasteiger charge is 2.14. The molecule has 7 heteroatoms. The van der Waals surface area contributed by atoms with Crippen molar-refractivity contribution in [2.75, 3.05) is 39.7 Å². The summed E-state index contributed by atoms with van der Waals surface area (Å²) < 4.78 is 10.3. The summed E-state index contributed by atoms with van der Waals surface area (Å²) in [5.74, 6) is -0.303. The molecule has 0 spiro atoms. The molecule has 0 unspecified atom stereocenters. The molecule has 7 nitrogen and oxygen atoms in total. The van der Waals surface area contributed by atoms with Gasteiger partial charge in [-0.15, -0.1) is 0 Å². The van der Waals surface area contributed by atoms with E-state index in [4.69, 9.17) is 9.47 Å². The largest absolute Gasteiger partial charge is 0.497 e. The van der Waals surface area contributed by atoms with E-state index < -0.39 is 11.8 Å². The fourth-order valence-corrected chi connectivity index (χ4v) is 2.09. The Labute approximate surface area is 149 Å². The number of hydrogen-bond donors (Lipinski definition) is 2. The molecule has 0 heterocycles. The van der Waals surface area contributed by atoms with Gasteiger partial charge >= 0.3 is 11.8 Å². The van der Waals surface area contributed by atoms with E-state index in [1.165, 1.54) is 14.2 Å². The van der Waals surface area contributed by atoms with Crippen LogP contribution >= 0.6 is 0 Å². The van der Waals surface area contributed by atoms with Crippen LogP contribution < -0.4 is 20.1 Å². The molecule has 2 N–H and O–H groups in total. The number of nitrogens with zero attached hydrogens (tertiary/aromatic N) is 1. The minimum atomic E-state index is -0.713. The minimum Gasteiger partial charge on any atom is -0.497 e. The Hall–Kier alpha value is -2.28. The highest BCUT2D eigenvalue weighted by atomic mass is 16.5. The van der Waals surface area contributed by atoms with Crippen molar-refractivity contribution in [2.45, 2.75) is 32.7 Å². The predicted octanol–water partition coefficient (Wildman–Crippen LogP) is 1.88. The highest BCUT2D eigenvalue weighted by Crippen LogP contribution is 2.25. The zero-order valence-corrected chi connectivity index (χ0v) is 15.7. The molecule has 0 saturated heterocycles. The SMILES string of the molecule is COc1cc(NC(=O)C(=O)NCCCCN(C)C(C)C)cc(OC)c1. The van der Waals surface area contributed by atoms with Gasteiger partial charge in [0.1, 0.15) is 11.5 Å². The lowest BCUT2D eigenvalue weighted by Crippen LogP contribution is -2.36. The van der Waals surface area contributed by atoms with Crippen molar-refractivity contribution in [3.63, 3.8) is 0 Å². The molecule has 140 valence electrons. The van der Waals surface area contributed by atoms with E-state index in [0.717, 1.165) is 19.4 Å². The molecule has 1 aromatic carbocycles. The number of methoxy groups -OCH3 is 2. The molecule has 0 bridgehead atoms. The van der Waals surface area contributed by atoms with Crippen LogP contribution in [0.2, 0.25) is 0 Å². The van der Waals surface area contributed by atoms with Crippen molar-refractivity contribution < 1.29 is 19.1 Å². The summed E-state index contributed by atoms with van der Waals surface area (Å²) in [5.41, 5.74) is 0.440. The lowest BCUT2D eigenvalue weighted by molar-refractivity contribution is -0.136. The molecule has 0 atom stereocenters. The smallest absolute Gasteiger partial charge is 0.313 e. The number of unbranched alkanes of at least 4 members (excludes halogenated alkanes) is 1. The van der Waals surface area contributed by atoms with E-state index in [0.29, 0.717) is 29.8 Å². The fourth-order valence-electron chi connectivity index (χ4n) is 2.09. The Bertz CT molecular complexity index is 553. The van der Waals surface area contributed by atoms with Crippen LogP contribution in [0.4, 0.5) is 5.69 Å². The van der Waals surface area contributed by atoms with Crippen molar-refractivity contribution in [1.29, 1.82) is 0 Å². The molecule has 1 rings (SSSR count). The van der Waals surface area contributed by atoms with Crippen LogP contribution in [-0.4, -0.2) is 57.1 Å². The zero-order valence-electron chi connectivity index (χ0n) is 15.7. The Morgan fingerprint density at radius 2 is 1.64 bits per heavy atom. The Morgan fingerprint density at radius 3 is 2.16 bits per heavy atom. The van der Waals surface area contributed by atoms with Crippen LogP contribution in [0.5, 0.6) is 11.5 Å². The number of carbonyl (C=O) groups excluding carboxylic acids is 2. The van der Waals surface area contributed by atoms with Gasteiger partial charge in [-0.1, -0.05) is 0 Å². The van der Waals surface area contributed by atoms with E-state index in [9.17, 15) is 9.59 Å². The summed E-state index contributed by atoms with van der Waals surface area (Å²) in [6.45, 7) is 5.71. The molecule has 0 aliphatic rings. The summed E-state index contributed by atoms with van der Waals surface area (Å²) in [6, 6.07) is 5.43. The van der Waals surface area contributed by atoms with E-state index in [-0.39, 0.29) is 0 Å². The van der Waals surface area contributed by atoms with Gasteiger partial charge in [-0.05, 0) is 40.3 Å². The lowest BCUT2D eigenvalue weighted by atomic mass is 10.2. The van der Waals surface area contributed by atoms with Crippen molar-refractivity contribution >= 4 is 17.5 Å². The second-order valence-electron chi connectivity index (χ2n) is 6.09. The molecular formula is C18H29N3O4. The first kappa shape index (κ1) is 20.8. The number of amides is 2. The Kier molecular flexibility index (Phi) is 8.77. The third-order valence-electron chi connectivity index (χ3n) is 3.92. The summed E-state index contributed by atoms with van der Waals surface area (Å²) in [5, 5.41) is 5.18. The van der Waals surface area contributed by atoms with Crippen LogP contribution in [0.1, 0.15) is 26.7 Å². The van der Waals surface area contributed by atoms with E-state index in [1.807, 2.05) is 0 Å². The predicted molar refractivity (Wildman–Crippen MR) is 98.2 cm³/mol. The number of benzene rings is 1. The van der Waals surface area contributed by atoms with Crippen LogP contribution in [0.25, 0.3) is 0 Å². The third kappa shape index (κ3) is 7.43. The van der Waals surface area contributed by atoms with Gasteiger partial charge in [-0.2, -0.15) is 0 Å². The van der Waals surface area contributed by atoms with Crippen LogP contribution in [-0.2, 0) is 9.59 Å². The normalized spacial score (nSPS) is 10.7. The molecule has 0 saturated carbocycles. The molecule has 0 radical (unpaired) electrons. The van der Waals surface area contributed by atoms with Gasteiger partial charge < -0.3 is 25.0 Å². The van der Waals surface area contributed by atoms with Crippen molar-refractivity contribution in [2.24, 2.45) is 0 Å². The Morgan fingerprint density at radius 1 is 1.04 bits per heavy atom. The number of hydrogen-bond acceptors (Lipinski definition) is 5. The quantitative estimate of drug-likeness (QED) is 0.524. The van der Waals surface area contributed by atoms with Crippen LogP contribution in [0, 0.1) is 0 Å². The monoisotopic (exact) mass is 351 g/mol. The van der Waals surface area contributed by atoms with Gasteiger partial charge in [0, 0.05) is 36.5 Å². The van der Waals surface area contributed by atoms with Crippen molar-refractivity contribution in [1.82, 2.24) is 10.2 Å². The van der Waals surface area contributed by atoms with Gasteiger partial charge in [0.05, 0.1) is 14.2 Å². The lowest BCUT2D eigenvalue weighted by Gasteiger charge is -2.20. The Balaban J connectivity index is 2.41. The molecule has 0 aliphatic carbocycles. The summed E-state index contributed by atoms with van der Waals surface area (Å²) in [6.07, 6.45) is 1.78. The topological polar surface area (TPSA) is 79.9 Å². The molecule has 0 aliphatic heterocycles. The standard InChI is InChI=1S/C18H29N3O4/c1-13(2)21(3)9-7-6-8-19-17(22)18(23)20-14-10-15(24-4)12-16(11-14)25-5/h10-13H,6-9H2,1-5H3,(H,19,22)(H,20,23). The molecular weight excluding hydrogens is 322 g/mol. The average molecular weight is 351 g/mol. The number of anilines is 1. The summed E-state index contributed by atoms with van der Waals surface area (Å²) in [4.78, 5) is 26.1. The van der Waals surface area contributed by atoms with Gasteiger partial charge in [0.15, 0.2) is 0 Å². The minimum absolute atomic E-state index is 0.440. The van der Waals surface area contributed by atoms with Crippen molar-refractivity contribution in [3.05, 3.63) is 18.2 Å². The molecule has 0 fully saturated rings. The zero-order chi connectivity index (χ0) is 18.8. The summed E-state index contributed by atoms with van der Waals surface area (Å²) in [7, 11) is 5.10. The maximum atomic E-state index is 12.0. The second-order valence-corrected chi connectivity index (χ2v) is 6.09. The van der Waals surface area contributed by atoms with Crippen molar-refractivity contribution in [3.8, 4) is 11.5 Å². The van der Waals surface area contributed by atoms with E-state index in [2.05, 4.69) is 36.4 Å². The number of nitrogens with one attached hydrogen (secondary N) is 2. The second kappa shape index (κ2) is 10.6. The van der Waals surface area contributed by atoms with Crippen LogP contribution in [0.15, 0.2) is 18.2 Å². The molecule has 1 aromatic rings. The molecule has 0 aromatic heterocycles. The van der Waals surface area contributed by atoms with Gasteiger partial charge in [0.2, 0.25) is 0 Å². The van der Waals surface area contributed by atoms with Gasteiger partial charge in [-0.3, -0.25) is 9.59 Å². The first-order chi connectivity index (χ1) is 11.9. The number of ether oxygens (including phenoxy) is 2. The fraction of sp³-hybridized carbons (Fsp3) is 0.556. The molecule has 2 amide bonds. The van der Waals surface area contributed by atoms with Gasteiger partial charge in [-0.25, -0.2) is 0 Å². The summed E-state index contributed by atoms with van der Waals surface area (Å²) >= 11 is 0. The van der Waals surface area contributed by atoms with Crippen LogP contribution in [0.3, 0.4) is 0 Å². The highest BCUT2D eigenvalue weighted by molar-refractivity contribution is 6.39. The number of rotatable bonds is 9. The van der Waals surface area contributed by atoms with E-state index >= 15 is 0 Å². The first-order valence-corrected chi connectivity index (χ1v) is 8.39. The first-order valence-electron chi connectivity index (χ1n) is 8.39. The third-order valence-corrected chi connectivity index (χ3v) is 3.92. The van der Waals surface area contributed by atoms with Gasteiger partial charge in [0.25, 0.3) is 0 Å². The maximum Gasteiger partial charge on any atom is 0.313 e. The number of carbonyl (C=O) groups is 2.